The fourth-order valence-corrected chi connectivity index (χ4v) is 1.98. The van der Waals surface area contributed by atoms with Gasteiger partial charge in [0.1, 0.15) is 0 Å². The minimum atomic E-state index is 0.425. The van der Waals surface area contributed by atoms with Crippen molar-refractivity contribution in [2.24, 2.45) is 5.73 Å². The molecule has 2 rings (SSSR count). The number of hydrogen-bond acceptors (Lipinski definition) is 3. The standard InChI is InChI=1S/C11H19N3O/c1-9(14-4-6-15-7-5-14)11-3-2-10(8-12)13-11/h2-3,9,13H,4-8,12H2,1H3. The van der Waals surface area contributed by atoms with Crippen molar-refractivity contribution >= 4 is 0 Å². The maximum absolute atomic E-state index is 5.58. The van der Waals surface area contributed by atoms with Crippen molar-refractivity contribution in [2.75, 3.05) is 26.3 Å². The molecule has 1 aromatic heterocycles. The molecular formula is C11H19N3O. The summed E-state index contributed by atoms with van der Waals surface area (Å²) in [6.07, 6.45) is 0. The highest BCUT2D eigenvalue weighted by atomic mass is 16.5. The molecule has 1 saturated heterocycles. The zero-order chi connectivity index (χ0) is 10.7. The highest BCUT2D eigenvalue weighted by Crippen LogP contribution is 2.20. The molecule has 1 aliphatic rings. The minimum Gasteiger partial charge on any atom is -0.379 e. The number of aromatic amines is 1. The SMILES string of the molecule is CC(c1ccc(CN)[nH]1)N1CCOCC1. The summed E-state index contributed by atoms with van der Waals surface area (Å²) in [4.78, 5) is 5.78. The predicted octanol–water partition coefficient (Wildman–Crippen LogP) is 0.867. The van der Waals surface area contributed by atoms with Gasteiger partial charge in [0.2, 0.25) is 0 Å². The van der Waals surface area contributed by atoms with Gasteiger partial charge >= 0.3 is 0 Å². The van der Waals surface area contributed by atoms with E-state index in [9.17, 15) is 0 Å². The van der Waals surface area contributed by atoms with Gasteiger partial charge in [0, 0.05) is 37.1 Å². The Morgan fingerprint density at radius 3 is 2.80 bits per heavy atom. The molecule has 1 fully saturated rings. The largest absolute Gasteiger partial charge is 0.379 e. The van der Waals surface area contributed by atoms with Crippen LogP contribution in [0.5, 0.6) is 0 Å². The van der Waals surface area contributed by atoms with Crippen LogP contribution >= 0.6 is 0 Å². The first-order valence-electron chi connectivity index (χ1n) is 5.51. The predicted molar refractivity (Wildman–Crippen MR) is 59.5 cm³/mol. The smallest absolute Gasteiger partial charge is 0.0594 e. The number of aromatic nitrogens is 1. The van der Waals surface area contributed by atoms with Gasteiger partial charge in [-0.1, -0.05) is 0 Å². The van der Waals surface area contributed by atoms with E-state index in [-0.39, 0.29) is 0 Å². The van der Waals surface area contributed by atoms with Crippen LogP contribution < -0.4 is 5.73 Å². The first kappa shape index (κ1) is 10.7. The van der Waals surface area contributed by atoms with Crippen molar-refractivity contribution in [2.45, 2.75) is 19.5 Å². The second-order valence-corrected chi connectivity index (χ2v) is 3.97. The number of morpholine rings is 1. The number of nitrogens with zero attached hydrogens (tertiary/aromatic N) is 1. The number of nitrogens with two attached hydrogens (primary N) is 1. The maximum Gasteiger partial charge on any atom is 0.0594 e. The van der Waals surface area contributed by atoms with Crippen molar-refractivity contribution in [3.05, 3.63) is 23.5 Å². The fourth-order valence-electron chi connectivity index (χ4n) is 1.98. The summed E-state index contributed by atoms with van der Waals surface area (Å²) in [6, 6.07) is 4.61. The van der Waals surface area contributed by atoms with E-state index in [1.807, 2.05) is 0 Å². The normalized spacial score (nSPS) is 20.4. The molecule has 1 unspecified atom stereocenters. The van der Waals surface area contributed by atoms with Gasteiger partial charge < -0.3 is 15.5 Å². The molecule has 84 valence electrons. The third-order valence-corrected chi connectivity index (χ3v) is 3.03. The van der Waals surface area contributed by atoms with Crippen LogP contribution in [0.15, 0.2) is 12.1 Å². The van der Waals surface area contributed by atoms with E-state index in [0.29, 0.717) is 12.6 Å². The quantitative estimate of drug-likeness (QED) is 0.776. The zero-order valence-corrected chi connectivity index (χ0v) is 9.20. The van der Waals surface area contributed by atoms with Crippen LogP contribution in [0.1, 0.15) is 24.4 Å². The molecule has 0 saturated carbocycles. The van der Waals surface area contributed by atoms with Gasteiger partial charge in [0.25, 0.3) is 0 Å². The molecule has 4 nitrogen and oxygen atoms in total. The second kappa shape index (κ2) is 4.79. The molecule has 2 heterocycles. The highest BCUT2D eigenvalue weighted by Gasteiger charge is 2.19. The van der Waals surface area contributed by atoms with Gasteiger partial charge in [-0.2, -0.15) is 0 Å². The number of H-pyrrole nitrogens is 1. The van der Waals surface area contributed by atoms with Crippen LogP contribution in [0.4, 0.5) is 0 Å². The van der Waals surface area contributed by atoms with Crippen LogP contribution in [-0.2, 0) is 11.3 Å². The van der Waals surface area contributed by atoms with E-state index in [0.717, 1.165) is 32.0 Å². The molecule has 15 heavy (non-hydrogen) atoms. The van der Waals surface area contributed by atoms with Crippen LogP contribution in [-0.4, -0.2) is 36.2 Å². The van der Waals surface area contributed by atoms with Gasteiger partial charge in [-0.3, -0.25) is 4.90 Å². The van der Waals surface area contributed by atoms with Gasteiger partial charge in [-0.25, -0.2) is 0 Å². The molecule has 0 bridgehead atoms. The number of rotatable bonds is 3. The Balaban J connectivity index is 2.02. The molecule has 0 spiro atoms. The first-order valence-corrected chi connectivity index (χ1v) is 5.51. The van der Waals surface area contributed by atoms with Crippen LogP contribution in [0.3, 0.4) is 0 Å². The Morgan fingerprint density at radius 2 is 2.20 bits per heavy atom. The molecule has 1 aliphatic heterocycles. The summed E-state index contributed by atoms with van der Waals surface area (Å²) in [5.41, 5.74) is 7.93. The lowest BCUT2D eigenvalue weighted by Gasteiger charge is -2.31. The monoisotopic (exact) mass is 209 g/mol. The zero-order valence-electron chi connectivity index (χ0n) is 9.20. The first-order chi connectivity index (χ1) is 7.31. The molecule has 4 heteroatoms. The van der Waals surface area contributed by atoms with Crippen molar-refractivity contribution in [3.63, 3.8) is 0 Å². The maximum atomic E-state index is 5.58. The Hall–Kier alpha value is -0.840. The van der Waals surface area contributed by atoms with E-state index in [1.165, 1.54) is 5.69 Å². The molecule has 3 N–H and O–H groups in total. The minimum absolute atomic E-state index is 0.425. The van der Waals surface area contributed by atoms with E-state index in [1.54, 1.807) is 0 Å². The Labute approximate surface area is 90.4 Å². The van der Waals surface area contributed by atoms with Crippen molar-refractivity contribution in [1.29, 1.82) is 0 Å². The Bertz CT molecular complexity index is 305. The molecule has 1 atom stereocenters. The van der Waals surface area contributed by atoms with Crippen molar-refractivity contribution in [3.8, 4) is 0 Å². The van der Waals surface area contributed by atoms with Gasteiger partial charge in [-0.05, 0) is 19.1 Å². The van der Waals surface area contributed by atoms with Crippen LogP contribution in [0, 0.1) is 0 Å². The van der Waals surface area contributed by atoms with Crippen LogP contribution in [0.2, 0.25) is 0 Å². The lowest BCUT2D eigenvalue weighted by Crippen LogP contribution is -2.38. The van der Waals surface area contributed by atoms with Crippen molar-refractivity contribution < 1.29 is 4.74 Å². The molecule has 0 amide bonds. The van der Waals surface area contributed by atoms with Gasteiger partial charge in [0.15, 0.2) is 0 Å². The van der Waals surface area contributed by atoms with E-state index >= 15 is 0 Å². The topological polar surface area (TPSA) is 54.3 Å². The van der Waals surface area contributed by atoms with E-state index in [4.69, 9.17) is 10.5 Å². The molecule has 1 aromatic rings. The molecule has 0 radical (unpaired) electrons. The summed E-state index contributed by atoms with van der Waals surface area (Å²) >= 11 is 0. The number of hydrogen-bond donors (Lipinski definition) is 2. The van der Waals surface area contributed by atoms with Gasteiger partial charge in [0.05, 0.1) is 13.2 Å². The Morgan fingerprint density at radius 1 is 1.47 bits per heavy atom. The summed E-state index contributed by atoms with van der Waals surface area (Å²) in [7, 11) is 0. The summed E-state index contributed by atoms with van der Waals surface area (Å²) in [6.45, 7) is 6.51. The van der Waals surface area contributed by atoms with Crippen molar-refractivity contribution in [1.82, 2.24) is 9.88 Å². The lowest BCUT2D eigenvalue weighted by atomic mass is 10.2. The summed E-state index contributed by atoms with van der Waals surface area (Å²) < 4.78 is 5.34. The third-order valence-electron chi connectivity index (χ3n) is 3.03. The van der Waals surface area contributed by atoms with E-state index < -0.39 is 0 Å². The second-order valence-electron chi connectivity index (χ2n) is 3.97. The van der Waals surface area contributed by atoms with Crippen LogP contribution in [0.25, 0.3) is 0 Å². The summed E-state index contributed by atoms with van der Waals surface area (Å²) in [5.74, 6) is 0. The fraction of sp³-hybridized carbons (Fsp3) is 0.636. The van der Waals surface area contributed by atoms with E-state index in [2.05, 4.69) is 28.9 Å². The van der Waals surface area contributed by atoms with Gasteiger partial charge in [-0.15, -0.1) is 0 Å². The average Bonchev–Trinajstić information content (AvgIpc) is 2.78. The summed E-state index contributed by atoms with van der Waals surface area (Å²) in [5, 5.41) is 0. The molecular weight excluding hydrogens is 190 g/mol. The Kier molecular flexibility index (Phi) is 3.41. The average molecular weight is 209 g/mol. The highest BCUT2D eigenvalue weighted by molar-refractivity contribution is 5.15. The number of nitrogens with one attached hydrogen (secondary N) is 1. The lowest BCUT2D eigenvalue weighted by molar-refractivity contribution is 0.0191. The molecule has 0 aliphatic carbocycles. The third kappa shape index (κ3) is 2.40. The molecule has 0 aromatic carbocycles. The number of ether oxygens (including phenoxy) is 1.